The molecular formula is C13H22N2O3S2. The van der Waals surface area contributed by atoms with Gasteiger partial charge in [-0.2, -0.15) is 11.8 Å². The minimum atomic E-state index is -3.47. The first kappa shape index (κ1) is 15.9. The fraction of sp³-hybridized carbons (Fsp3) is 0.692. The summed E-state index contributed by atoms with van der Waals surface area (Å²) in [4.78, 5) is 0. The maximum absolute atomic E-state index is 11.9. The Kier molecular flexibility index (Phi) is 4.84. The zero-order valence-electron chi connectivity index (χ0n) is 12.2. The highest BCUT2D eigenvalue weighted by Crippen LogP contribution is 2.42. The van der Waals surface area contributed by atoms with Gasteiger partial charge in [-0.15, -0.1) is 0 Å². The Labute approximate surface area is 125 Å². The second-order valence-corrected chi connectivity index (χ2v) is 8.71. The Balaban J connectivity index is 1.90. The third kappa shape index (κ3) is 3.21. The normalized spacial score (nSPS) is 18.2. The van der Waals surface area contributed by atoms with E-state index in [9.17, 15) is 8.42 Å². The van der Waals surface area contributed by atoms with E-state index in [1.165, 1.54) is 39.4 Å². The highest BCUT2D eigenvalue weighted by atomic mass is 32.2. The molecule has 1 aliphatic carbocycles. The molecule has 5 nitrogen and oxygen atoms in total. The SMILES string of the molecule is CSC1(CNCc2ccc(S(=O)(=O)N(C)C)o2)CCC1. The predicted molar refractivity (Wildman–Crippen MR) is 81.4 cm³/mol. The Morgan fingerprint density at radius 1 is 1.40 bits per heavy atom. The molecule has 1 aromatic heterocycles. The van der Waals surface area contributed by atoms with Crippen LogP contribution in [0, 0.1) is 0 Å². The van der Waals surface area contributed by atoms with Crippen molar-refractivity contribution >= 4 is 21.8 Å². The maximum Gasteiger partial charge on any atom is 0.275 e. The second-order valence-electron chi connectivity index (χ2n) is 5.35. The highest BCUT2D eigenvalue weighted by Gasteiger charge is 2.35. The van der Waals surface area contributed by atoms with Gasteiger partial charge in [0.05, 0.1) is 6.54 Å². The van der Waals surface area contributed by atoms with E-state index in [0.29, 0.717) is 17.1 Å². The van der Waals surface area contributed by atoms with Gasteiger partial charge in [0.2, 0.25) is 5.09 Å². The molecule has 1 saturated carbocycles. The van der Waals surface area contributed by atoms with Crippen molar-refractivity contribution in [1.82, 2.24) is 9.62 Å². The molecule has 1 fully saturated rings. The molecule has 0 radical (unpaired) electrons. The third-order valence-electron chi connectivity index (χ3n) is 3.82. The van der Waals surface area contributed by atoms with Crippen molar-refractivity contribution in [3.8, 4) is 0 Å². The lowest BCUT2D eigenvalue weighted by atomic mass is 9.84. The monoisotopic (exact) mass is 318 g/mol. The Hall–Kier alpha value is -0.500. The zero-order valence-corrected chi connectivity index (χ0v) is 13.8. The summed E-state index contributed by atoms with van der Waals surface area (Å²) in [5.74, 6) is 0.654. The Bertz CT molecular complexity index is 542. The van der Waals surface area contributed by atoms with E-state index >= 15 is 0 Å². The molecular weight excluding hydrogens is 296 g/mol. The van der Waals surface area contributed by atoms with E-state index in [0.717, 1.165) is 10.8 Å². The Morgan fingerprint density at radius 3 is 2.60 bits per heavy atom. The van der Waals surface area contributed by atoms with E-state index in [1.807, 2.05) is 11.8 Å². The van der Waals surface area contributed by atoms with Gasteiger partial charge in [-0.25, -0.2) is 12.7 Å². The standard InChI is InChI=1S/C13H22N2O3S2/c1-15(2)20(16,17)12-6-5-11(18-12)9-14-10-13(19-3)7-4-8-13/h5-6,14H,4,7-10H2,1-3H3. The summed E-state index contributed by atoms with van der Waals surface area (Å²) in [7, 11) is -0.484. The van der Waals surface area contributed by atoms with Crippen LogP contribution < -0.4 is 5.32 Å². The predicted octanol–water partition coefficient (Wildman–Crippen LogP) is 1.91. The minimum absolute atomic E-state index is 0.00234. The fourth-order valence-electron chi connectivity index (χ4n) is 2.21. The summed E-state index contributed by atoms with van der Waals surface area (Å²) in [6.07, 6.45) is 5.95. The summed E-state index contributed by atoms with van der Waals surface area (Å²) >= 11 is 1.91. The summed E-state index contributed by atoms with van der Waals surface area (Å²) in [5.41, 5.74) is 0. The molecule has 1 aromatic rings. The summed E-state index contributed by atoms with van der Waals surface area (Å²) in [6.45, 7) is 1.50. The largest absolute Gasteiger partial charge is 0.447 e. The van der Waals surface area contributed by atoms with E-state index < -0.39 is 10.0 Å². The second kappa shape index (κ2) is 6.09. The molecule has 0 aliphatic heterocycles. The van der Waals surface area contributed by atoms with Gasteiger partial charge in [0.1, 0.15) is 5.76 Å². The van der Waals surface area contributed by atoms with Crippen LogP contribution in [0.25, 0.3) is 0 Å². The lowest BCUT2D eigenvalue weighted by molar-refractivity contribution is 0.333. The average Bonchev–Trinajstić information content (AvgIpc) is 2.82. The number of furan rings is 1. The van der Waals surface area contributed by atoms with Crippen LogP contribution in [-0.4, -0.2) is 44.4 Å². The molecule has 20 heavy (non-hydrogen) atoms. The number of hydrogen-bond donors (Lipinski definition) is 1. The molecule has 0 atom stereocenters. The number of thioether (sulfide) groups is 1. The van der Waals surface area contributed by atoms with Crippen LogP contribution in [0.3, 0.4) is 0 Å². The van der Waals surface area contributed by atoms with Crippen molar-refractivity contribution in [3.63, 3.8) is 0 Å². The minimum Gasteiger partial charge on any atom is -0.447 e. The molecule has 0 saturated heterocycles. The molecule has 0 spiro atoms. The molecule has 0 unspecified atom stereocenters. The fourth-order valence-corrected chi connectivity index (χ4v) is 3.97. The molecule has 1 heterocycles. The first-order valence-electron chi connectivity index (χ1n) is 6.67. The van der Waals surface area contributed by atoms with E-state index in [-0.39, 0.29) is 5.09 Å². The average molecular weight is 318 g/mol. The van der Waals surface area contributed by atoms with Gasteiger partial charge in [0.25, 0.3) is 10.0 Å². The van der Waals surface area contributed by atoms with Crippen molar-refractivity contribution in [2.45, 2.75) is 35.6 Å². The molecule has 0 amide bonds. The van der Waals surface area contributed by atoms with E-state index in [4.69, 9.17) is 4.42 Å². The van der Waals surface area contributed by atoms with E-state index in [1.54, 1.807) is 6.07 Å². The summed E-state index contributed by atoms with van der Waals surface area (Å²) in [5, 5.41) is 3.37. The van der Waals surface area contributed by atoms with Gasteiger partial charge < -0.3 is 9.73 Å². The molecule has 0 bridgehead atoms. The van der Waals surface area contributed by atoms with Gasteiger partial charge in [-0.3, -0.25) is 0 Å². The lowest BCUT2D eigenvalue weighted by Gasteiger charge is -2.40. The Morgan fingerprint density at radius 2 is 2.10 bits per heavy atom. The van der Waals surface area contributed by atoms with Crippen molar-refractivity contribution in [3.05, 3.63) is 17.9 Å². The summed E-state index contributed by atoms with van der Waals surface area (Å²) in [6, 6.07) is 3.23. The van der Waals surface area contributed by atoms with Gasteiger partial charge in [0, 0.05) is 25.4 Å². The number of hydrogen-bond acceptors (Lipinski definition) is 5. The first-order valence-corrected chi connectivity index (χ1v) is 9.33. The first-order chi connectivity index (χ1) is 9.39. The van der Waals surface area contributed by atoms with Crippen molar-refractivity contribution in [1.29, 1.82) is 0 Å². The molecule has 1 N–H and O–H groups in total. The highest BCUT2D eigenvalue weighted by molar-refractivity contribution is 8.00. The lowest BCUT2D eigenvalue weighted by Crippen LogP contribution is -2.43. The van der Waals surface area contributed by atoms with Gasteiger partial charge >= 0.3 is 0 Å². The number of rotatable bonds is 7. The molecule has 114 valence electrons. The van der Waals surface area contributed by atoms with Crippen LogP contribution in [0.1, 0.15) is 25.0 Å². The van der Waals surface area contributed by atoms with Crippen molar-refractivity contribution in [2.24, 2.45) is 0 Å². The van der Waals surface area contributed by atoms with Crippen LogP contribution in [0.4, 0.5) is 0 Å². The summed E-state index contributed by atoms with van der Waals surface area (Å²) < 4.78 is 30.7. The molecule has 0 aromatic carbocycles. The van der Waals surface area contributed by atoms with E-state index in [2.05, 4.69) is 11.6 Å². The molecule has 2 rings (SSSR count). The van der Waals surface area contributed by atoms with Crippen molar-refractivity contribution in [2.75, 3.05) is 26.9 Å². The van der Waals surface area contributed by atoms with Crippen LogP contribution in [-0.2, 0) is 16.6 Å². The van der Waals surface area contributed by atoms with Crippen LogP contribution >= 0.6 is 11.8 Å². The van der Waals surface area contributed by atoms with Crippen LogP contribution in [0.5, 0.6) is 0 Å². The van der Waals surface area contributed by atoms with Gasteiger partial charge in [-0.1, -0.05) is 6.42 Å². The number of sulfonamides is 1. The van der Waals surface area contributed by atoms with Crippen LogP contribution in [0.15, 0.2) is 21.6 Å². The molecule has 7 heteroatoms. The maximum atomic E-state index is 11.9. The van der Waals surface area contributed by atoms with Gasteiger partial charge in [0.15, 0.2) is 0 Å². The molecule has 1 aliphatic rings. The zero-order chi connectivity index (χ0) is 14.8. The topological polar surface area (TPSA) is 62.6 Å². The quantitative estimate of drug-likeness (QED) is 0.832. The van der Waals surface area contributed by atoms with Crippen molar-refractivity contribution < 1.29 is 12.8 Å². The number of nitrogens with zero attached hydrogens (tertiary/aromatic N) is 1. The third-order valence-corrected chi connectivity index (χ3v) is 6.92. The number of nitrogens with one attached hydrogen (secondary N) is 1. The van der Waals surface area contributed by atoms with Gasteiger partial charge in [-0.05, 0) is 31.2 Å². The smallest absolute Gasteiger partial charge is 0.275 e. The van der Waals surface area contributed by atoms with Crippen LogP contribution in [0.2, 0.25) is 0 Å².